The number of likely N-dealkylation sites (tertiary alicyclic amines) is 1. The molecule has 324 valence electrons. The van der Waals surface area contributed by atoms with E-state index in [0.717, 1.165) is 51.7 Å². The molecule has 9 atom stereocenters. The van der Waals surface area contributed by atoms with Gasteiger partial charge in [0.2, 0.25) is 5.91 Å². The number of carbonyl (C=O) groups is 3. The van der Waals surface area contributed by atoms with E-state index in [4.69, 9.17) is 46.4 Å². The number of allylic oxidation sites excluding steroid dienone is 2. The zero-order chi connectivity index (χ0) is 41.6. The van der Waals surface area contributed by atoms with E-state index in [2.05, 4.69) is 15.5 Å². The van der Waals surface area contributed by atoms with Crippen LogP contribution in [0.15, 0.2) is 30.4 Å². The zero-order valence-corrected chi connectivity index (χ0v) is 35.0. The molecule has 16 heteroatoms. The highest BCUT2D eigenvalue weighted by Gasteiger charge is 2.48. The number of carboxylic acids is 1. The minimum Gasteiger partial charge on any atom is -0.491 e. The van der Waals surface area contributed by atoms with Gasteiger partial charge in [-0.05, 0) is 88.7 Å². The summed E-state index contributed by atoms with van der Waals surface area (Å²) in [6.07, 6.45) is 9.09. The Morgan fingerprint density at radius 3 is 2.54 bits per heavy atom. The molecule has 1 aromatic heterocycles. The van der Waals surface area contributed by atoms with Crippen molar-refractivity contribution in [2.24, 2.45) is 29.4 Å². The molecule has 1 aromatic carbocycles. The topological polar surface area (TPSA) is 198 Å². The molecule has 3 heterocycles. The molecule has 2 amide bonds. The van der Waals surface area contributed by atoms with Gasteiger partial charge in [0, 0.05) is 50.1 Å². The summed E-state index contributed by atoms with van der Waals surface area (Å²) in [5.74, 6) is 1.38. The van der Waals surface area contributed by atoms with Crippen molar-refractivity contribution in [3.8, 4) is 11.5 Å². The fourth-order valence-corrected chi connectivity index (χ4v) is 9.22. The van der Waals surface area contributed by atoms with Gasteiger partial charge in [-0.3, -0.25) is 19.4 Å². The van der Waals surface area contributed by atoms with Crippen LogP contribution in [0.25, 0.3) is 10.9 Å². The number of halogens is 1. The first-order valence-electron chi connectivity index (χ1n) is 21.5. The third kappa shape index (κ3) is 11.5. The summed E-state index contributed by atoms with van der Waals surface area (Å²) in [4.78, 5) is 46.1. The molecule has 5 aliphatic rings. The molecular weight excluding hydrogens is 780 g/mol. The van der Waals surface area contributed by atoms with Crippen molar-refractivity contribution in [3.63, 3.8) is 0 Å². The number of carbonyl (C=O) groups excluding carboxylic acids is 2. The van der Waals surface area contributed by atoms with Gasteiger partial charge in [-0.25, -0.2) is 9.78 Å². The number of nitrogens with zero attached hydrogens (tertiary/aromatic N) is 3. The van der Waals surface area contributed by atoms with E-state index in [-0.39, 0.29) is 36.9 Å². The van der Waals surface area contributed by atoms with Crippen molar-refractivity contribution in [2.75, 3.05) is 51.3 Å². The number of nitrogens with one attached hydrogen (secondary N) is 2. The van der Waals surface area contributed by atoms with Gasteiger partial charge in [0.25, 0.3) is 0 Å². The van der Waals surface area contributed by atoms with Crippen LogP contribution in [-0.2, 0) is 19.1 Å². The van der Waals surface area contributed by atoms with Gasteiger partial charge >= 0.3 is 12.1 Å². The van der Waals surface area contributed by atoms with Gasteiger partial charge in [0.05, 0.1) is 36.7 Å². The molecule has 6 N–H and O–H groups in total. The minimum absolute atomic E-state index is 0.0668. The normalized spacial score (nSPS) is 27.7. The van der Waals surface area contributed by atoms with Crippen molar-refractivity contribution >= 4 is 46.3 Å². The molecule has 0 spiro atoms. The fourth-order valence-electron chi connectivity index (χ4n) is 8.96. The Labute approximate surface area is 351 Å². The molecule has 0 radical (unpaired) electrons. The van der Waals surface area contributed by atoms with Crippen molar-refractivity contribution in [2.45, 2.75) is 115 Å². The van der Waals surface area contributed by atoms with Crippen molar-refractivity contribution in [1.82, 2.24) is 20.1 Å². The number of morpholine rings is 1. The van der Waals surface area contributed by atoms with E-state index in [1.54, 1.807) is 4.90 Å². The number of aliphatic hydroxyl groups excluding tert-OH is 1. The summed E-state index contributed by atoms with van der Waals surface area (Å²) in [6.45, 7) is 8.52. The molecule has 2 saturated heterocycles. The Hall–Kier alpha value is -3.89. The summed E-state index contributed by atoms with van der Waals surface area (Å²) in [6, 6.07) is 3.98. The number of fused-ring (bicyclic) bond motifs is 2. The third-order valence-corrected chi connectivity index (χ3v) is 12.7. The van der Waals surface area contributed by atoms with Crippen LogP contribution in [0.3, 0.4) is 0 Å². The summed E-state index contributed by atoms with van der Waals surface area (Å²) in [5.41, 5.74) is 6.47. The number of rotatable bonds is 21. The average Bonchev–Trinajstić information content (AvgIpc) is 4.06. The highest BCUT2D eigenvalue weighted by Crippen LogP contribution is 2.52. The van der Waals surface area contributed by atoms with Gasteiger partial charge in [0.1, 0.15) is 47.4 Å². The summed E-state index contributed by atoms with van der Waals surface area (Å²) in [5, 5.41) is 28.4. The Morgan fingerprint density at radius 2 is 1.83 bits per heavy atom. The summed E-state index contributed by atoms with van der Waals surface area (Å²) < 4.78 is 24.0. The Balaban J connectivity index is 1.02. The average molecular weight is 841 g/mol. The van der Waals surface area contributed by atoms with Crippen LogP contribution in [0.2, 0.25) is 5.02 Å². The van der Waals surface area contributed by atoms with Crippen LogP contribution in [-0.4, -0.2) is 126 Å². The summed E-state index contributed by atoms with van der Waals surface area (Å²) >= 11 is 6.96. The van der Waals surface area contributed by atoms with Crippen molar-refractivity contribution in [3.05, 3.63) is 35.4 Å². The third-order valence-electron chi connectivity index (χ3n) is 12.4. The molecule has 7 rings (SSSR count). The molecule has 15 nitrogen and oxygen atoms in total. The number of aromatic nitrogens is 1. The molecule has 0 bridgehead atoms. The van der Waals surface area contributed by atoms with E-state index in [0.29, 0.717) is 84.2 Å². The number of hydrogen-bond donors (Lipinski definition) is 5. The first kappa shape index (κ1) is 43.2. The number of unbranched alkanes of at least 4 members (excludes halogenated alkanes) is 3. The van der Waals surface area contributed by atoms with E-state index in [9.17, 15) is 19.5 Å². The predicted molar refractivity (Wildman–Crippen MR) is 222 cm³/mol. The first-order chi connectivity index (χ1) is 28.4. The lowest BCUT2D eigenvalue weighted by Gasteiger charge is -2.33. The zero-order valence-electron chi connectivity index (χ0n) is 34.2. The fraction of sp³-hybridized carbons (Fsp3) is 0.674. The second-order valence-electron chi connectivity index (χ2n) is 17.3. The number of pyridine rings is 1. The number of primary amides is 1. The van der Waals surface area contributed by atoms with Gasteiger partial charge in [0.15, 0.2) is 0 Å². The lowest BCUT2D eigenvalue weighted by molar-refractivity contribution is -0.138. The molecule has 2 aliphatic heterocycles. The highest BCUT2D eigenvalue weighted by atomic mass is 35.5. The molecule has 3 aliphatic carbocycles. The summed E-state index contributed by atoms with van der Waals surface area (Å²) in [7, 11) is 0. The number of nitrogens with two attached hydrogens (primary N) is 1. The molecule has 3 saturated carbocycles. The number of alkyl carbamates (subject to hydrolysis) is 1. The Morgan fingerprint density at radius 1 is 1.05 bits per heavy atom. The lowest BCUT2D eigenvalue weighted by atomic mass is 10.0. The number of ether oxygens (including phenoxy) is 4. The first-order valence-corrected chi connectivity index (χ1v) is 21.9. The van der Waals surface area contributed by atoms with Gasteiger partial charge < -0.3 is 45.5 Å². The molecule has 59 heavy (non-hydrogen) atoms. The van der Waals surface area contributed by atoms with Crippen LogP contribution in [0.5, 0.6) is 11.5 Å². The SMILES string of the molecule is CC(C)Nc1cc(OC2C[C@@H](C(N)=O)N(C(O)[C@H](CCCCC/C=C\[C@@H]3C[C@@H]3C(=O)O)NC(=O)OC3C[C@@H]4C[C@@H]4C3)C2)c2ccc(OCCN3CCOCC3)c(Cl)c2n1. The van der Waals surface area contributed by atoms with Crippen LogP contribution in [0.4, 0.5) is 10.6 Å². The number of carboxylic acid groups (broad SMARTS) is 1. The monoisotopic (exact) mass is 840 g/mol. The predicted octanol–water partition coefficient (Wildman–Crippen LogP) is 5.17. The van der Waals surface area contributed by atoms with Gasteiger partial charge in [-0.2, -0.15) is 0 Å². The maximum atomic E-state index is 13.2. The second-order valence-corrected chi connectivity index (χ2v) is 17.7. The number of aliphatic hydroxyl groups is 1. The van der Waals surface area contributed by atoms with Gasteiger partial charge in [-0.15, -0.1) is 0 Å². The maximum absolute atomic E-state index is 13.2. The highest BCUT2D eigenvalue weighted by molar-refractivity contribution is 6.36. The smallest absolute Gasteiger partial charge is 0.407 e. The minimum atomic E-state index is -1.24. The van der Waals surface area contributed by atoms with E-state index in [1.807, 2.05) is 44.2 Å². The number of benzene rings is 1. The van der Waals surface area contributed by atoms with Crippen LogP contribution >= 0.6 is 11.6 Å². The number of amides is 2. The van der Waals surface area contributed by atoms with E-state index >= 15 is 0 Å². The van der Waals surface area contributed by atoms with Crippen LogP contribution < -0.4 is 25.8 Å². The molecule has 3 unspecified atom stereocenters. The van der Waals surface area contributed by atoms with Crippen molar-refractivity contribution in [1.29, 1.82) is 0 Å². The lowest BCUT2D eigenvalue weighted by Crippen LogP contribution is -2.56. The second kappa shape index (κ2) is 19.7. The van der Waals surface area contributed by atoms with E-state index < -0.39 is 42.4 Å². The van der Waals surface area contributed by atoms with Crippen molar-refractivity contribution < 1.29 is 43.5 Å². The maximum Gasteiger partial charge on any atom is 0.407 e. The molecule has 2 aromatic rings. The van der Waals surface area contributed by atoms with Gasteiger partial charge in [-0.1, -0.05) is 36.6 Å². The quantitative estimate of drug-likeness (QED) is 0.0817. The van der Waals surface area contributed by atoms with Crippen LogP contribution in [0.1, 0.15) is 78.1 Å². The number of anilines is 1. The molecular formula is C43H61ClN6O9. The standard InChI is InChI=1S/C43H61ClN6O9/c1-25(2)46-37-23-36(31-10-11-35(38(44)39(31)48-37)57-17-14-49-12-15-56-16-13-49)58-30-22-34(40(45)51)50(24-30)41(52)33(47-43(55)59-29-19-27-18-28(27)20-29)9-7-5-3-4-6-8-26-21-32(26)42(53)54/h6,8,10-11,23,25-30,32-34,41,52H,3-5,7,9,12-22,24H2,1-2H3,(H2,45,51)(H,46,48)(H,47,55)(H,53,54)/b8-6-/t26-,27-,28+,29?,30?,32+,33+,34+,41?/m1/s1. The largest absolute Gasteiger partial charge is 0.491 e. The molecule has 5 fully saturated rings. The Bertz CT molecular complexity index is 1820. The number of aliphatic carboxylic acids is 1. The van der Waals surface area contributed by atoms with Crippen LogP contribution in [0, 0.1) is 23.7 Å². The number of hydrogen-bond acceptors (Lipinski definition) is 12. The Kier molecular flexibility index (Phi) is 14.4. The van der Waals surface area contributed by atoms with E-state index in [1.165, 1.54) is 6.42 Å².